The maximum atomic E-state index is 14.3. The van der Waals surface area contributed by atoms with E-state index in [1.165, 1.54) is 30.9 Å². The lowest BCUT2D eigenvalue weighted by molar-refractivity contribution is 0.120. The summed E-state index contributed by atoms with van der Waals surface area (Å²) in [4.78, 5) is 7.85. The Morgan fingerprint density at radius 3 is 2.14 bits per heavy atom. The minimum Gasteiger partial charge on any atom is -0.376 e. The monoisotopic (exact) mass is 314 g/mol. The van der Waals surface area contributed by atoms with E-state index >= 15 is 0 Å². The summed E-state index contributed by atoms with van der Waals surface area (Å²) in [6.07, 6.45) is 4.24. The maximum Gasteiger partial charge on any atom is 0.147 e. The average Bonchev–Trinajstić information content (AvgIpc) is 2.56. The highest BCUT2D eigenvalue weighted by Gasteiger charge is 2.38. The molecule has 3 rings (SSSR count). The van der Waals surface area contributed by atoms with E-state index in [0.717, 1.165) is 0 Å². The van der Waals surface area contributed by atoms with Gasteiger partial charge in [0.25, 0.3) is 0 Å². The Labute approximate surface area is 132 Å². The Balaban J connectivity index is 2.33. The van der Waals surface area contributed by atoms with E-state index in [0.29, 0.717) is 16.1 Å². The van der Waals surface area contributed by atoms with Gasteiger partial charge in [0.15, 0.2) is 0 Å². The van der Waals surface area contributed by atoms with Gasteiger partial charge in [-0.15, -0.1) is 0 Å². The lowest BCUT2D eigenvalue weighted by Gasteiger charge is -2.30. The number of rotatable bonds is 3. The molecule has 0 spiro atoms. The molecule has 1 heterocycles. The van der Waals surface area contributed by atoms with Gasteiger partial charge in [-0.1, -0.05) is 48.0 Å². The summed E-state index contributed by atoms with van der Waals surface area (Å²) in [6.45, 7) is 0. The molecule has 1 aromatic heterocycles. The van der Waals surface area contributed by atoms with E-state index in [-0.39, 0.29) is 5.56 Å². The Morgan fingerprint density at radius 2 is 1.50 bits per heavy atom. The van der Waals surface area contributed by atoms with Crippen LogP contribution < -0.4 is 0 Å². The van der Waals surface area contributed by atoms with Gasteiger partial charge in [0.1, 0.15) is 17.7 Å². The summed E-state index contributed by atoms with van der Waals surface area (Å²) < 4.78 is 14.3. The van der Waals surface area contributed by atoms with Crippen molar-refractivity contribution in [2.45, 2.75) is 5.60 Å². The Hall–Kier alpha value is -2.30. The molecule has 110 valence electrons. The van der Waals surface area contributed by atoms with Gasteiger partial charge in [0.2, 0.25) is 0 Å². The van der Waals surface area contributed by atoms with Gasteiger partial charge < -0.3 is 5.11 Å². The zero-order valence-electron chi connectivity index (χ0n) is 11.4. The SMILES string of the molecule is OC(c1cncnc1)(c1ccccc1F)c1ccccc1Cl. The summed E-state index contributed by atoms with van der Waals surface area (Å²) in [6, 6.07) is 12.8. The molecule has 2 aromatic carbocycles. The van der Waals surface area contributed by atoms with Crippen LogP contribution in [0.4, 0.5) is 4.39 Å². The predicted octanol–water partition coefficient (Wildman–Crippen LogP) is 3.55. The standard InChI is InChI=1S/C17H12ClFN2O/c18-15-7-3-1-5-13(15)17(22,12-9-20-11-21-10-12)14-6-2-4-8-16(14)19/h1-11,22H. The van der Waals surface area contributed by atoms with Crippen LogP contribution in [0.15, 0.2) is 67.3 Å². The highest BCUT2D eigenvalue weighted by molar-refractivity contribution is 6.31. The molecular weight excluding hydrogens is 303 g/mol. The van der Waals surface area contributed by atoms with E-state index in [2.05, 4.69) is 9.97 Å². The lowest BCUT2D eigenvalue weighted by atomic mass is 9.81. The van der Waals surface area contributed by atoms with Crippen molar-refractivity contribution >= 4 is 11.6 Å². The van der Waals surface area contributed by atoms with Crippen LogP contribution >= 0.6 is 11.6 Å². The van der Waals surface area contributed by atoms with Gasteiger partial charge in [-0.25, -0.2) is 14.4 Å². The normalized spacial score (nSPS) is 13.6. The van der Waals surface area contributed by atoms with Crippen molar-refractivity contribution in [1.29, 1.82) is 0 Å². The van der Waals surface area contributed by atoms with Crippen LogP contribution in [0, 0.1) is 5.82 Å². The molecule has 0 aliphatic rings. The molecule has 0 radical (unpaired) electrons. The Kier molecular flexibility index (Phi) is 3.88. The fourth-order valence-corrected chi connectivity index (χ4v) is 2.72. The average molecular weight is 315 g/mol. The van der Waals surface area contributed by atoms with Crippen LogP contribution in [-0.4, -0.2) is 15.1 Å². The van der Waals surface area contributed by atoms with Gasteiger partial charge in [-0.3, -0.25) is 0 Å². The van der Waals surface area contributed by atoms with Crippen LogP contribution in [0.3, 0.4) is 0 Å². The molecule has 0 saturated carbocycles. The minimum atomic E-state index is -1.77. The largest absolute Gasteiger partial charge is 0.376 e. The molecule has 0 bridgehead atoms. The third-order valence-electron chi connectivity index (χ3n) is 3.51. The molecule has 3 nitrogen and oxygen atoms in total. The van der Waals surface area contributed by atoms with Crippen molar-refractivity contribution in [3.63, 3.8) is 0 Å². The lowest BCUT2D eigenvalue weighted by Crippen LogP contribution is -2.30. The summed E-state index contributed by atoms with van der Waals surface area (Å²) in [5.74, 6) is -0.534. The molecule has 5 heteroatoms. The molecule has 1 unspecified atom stereocenters. The number of hydrogen-bond acceptors (Lipinski definition) is 3. The molecule has 0 fully saturated rings. The molecule has 1 N–H and O–H groups in total. The number of aliphatic hydroxyl groups is 1. The summed E-state index contributed by atoms with van der Waals surface area (Å²) in [7, 11) is 0. The van der Waals surface area contributed by atoms with E-state index in [9.17, 15) is 9.50 Å². The molecule has 0 saturated heterocycles. The number of nitrogens with zero attached hydrogens (tertiary/aromatic N) is 2. The van der Waals surface area contributed by atoms with E-state index in [1.807, 2.05) is 0 Å². The number of hydrogen-bond donors (Lipinski definition) is 1. The van der Waals surface area contributed by atoms with E-state index < -0.39 is 11.4 Å². The topological polar surface area (TPSA) is 46.0 Å². The second kappa shape index (κ2) is 5.83. The first-order chi connectivity index (χ1) is 10.6. The second-order valence-corrected chi connectivity index (χ2v) is 5.20. The number of halogens is 2. The van der Waals surface area contributed by atoms with Crippen LogP contribution in [0.5, 0.6) is 0 Å². The summed E-state index contributed by atoms with van der Waals surface area (Å²) in [5.41, 5.74) is -0.965. The fourth-order valence-electron chi connectivity index (χ4n) is 2.45. The highest BCUT2D eigenvalue weighted by atomic mass is 35.5. The first kappa shape index (κ1) is 14.6. The number of aromatic nitrogens is 2. The van der Waals surface area contributed by atoms with Crippen molar-refractivity contribution in [2.24, 2.45) is 0 Å². The molecule has 22 heavy (non-hydrogen) atoms. The van der Waals surface area contributed by atoms with Crippen LogP contribution in [0.1, 0.15) is 16.7 Å². The zero-order valence-corrected chi connectivity index (χ0v) is 12.2. The minimum absolute atomic E-state index is 0.0953. The van der Waals surface area contributed by atoms with Gasteiger partial charge in [-0.05, 0) is 12.1 Å². The smallest absolute Gasteiger partial charge is 0.147 e. The molecule has 0 aliphatic heterocycles. The quantitative estimate of drug-likeness (QED) is 0.804. The van der Waals surface area contributed by atoms with Crippen molar-refractivity contribution in [2.75, 3.05) is 0 Å². The molecular formula is C17H12ClFN2O. The van der Waals surface area contributed by atoms with Crippen molar-refractivity contribution < 1.29 is 9.50 Å². The van der Waals surface area contributed by atoms with E-state index in [1.54, 1.807) is 36.4 Å². The molecule has 1 atom stereocenters. The van der Waals surface area contributed by atoms with Gasteiger partial charge in [0.05, 0.1) is 0 Å². The molecule has 0 aliphatic carbocycles. The maximum absolute atomic E-state index is 14.3. The predicted molar refractivity (Wildman–Crippen MR) is 82.0 cm³/mol. The van der Waals surface area contributed by atoms with Gasteiger partial charge >= 0.3 is 0 Å². The Bertz CT molecular complexity index is 750. The third kappa shape index (κ3) is 2.36. The first-order valence-corrected chi connectivity index (χ1v) is 6.99. The van der Waals surface area contributed by atoms with Gasteiger partial charge in [-0.2, -0.15) is 0 Å². The van der Waals surface area contributed by atoms with Crippen molar-refractivity contribution in [1.82, 2.24) is 9.97 Å². The molecule has 0 amide bonds. The van der Waals surface area contributed by atoms with Crippen molar-refractivity contribution in [3.05, 3.63) is 94.8 Å². The number of benzene rings is 2. The highest BCUT2D eigenvalue weighted by Crippen LogP contribution is 2.40. The van der Waals surface area contributed by atoms with Gasteiger partial charge in [0, 0.05) is 34.1 Å². The second-order valence-electron chi connectivity index (χ2n) is 4.80. The van der Waals surface area contributed by atoms with Crippen LogP contribution in [0.2, 0.25) is 5.02 Å². The van der Waals surface area contributed by atoms with E-state index in [4.69, 9.17) is 11.6 Å². The molecule has 3 aromatic rings. The fraction of sp³-hybridized carbons (Fsp3) is 0.0588. The zero-order chi connectivity index (χ0) is 15.6. The first-order valence-electron chi connectivity index (χ1n) is 6.62. The van der Waals surface area contributed by atoms with Crippen LogP contribution in [0.25, 0.3) is 0 Å². The summed E-state index contributed by atoms with van der Waals surface area (Å²) >= 11 is 6.24. The Morgan fingerprint density at radius 1 is 0.909 bits per heavy atom. The van der Waals surface area contributed by atoms with Crippen molar-refractivity contribution in [3.8, 4) is 0 Å². The van der Waals surface area contributed by atoms with Crippen LogP contribution in [-0.2, 0) is 5.60 Å². The summed E-state index contributed by atoms with van der Waals surface area (Å²) in [5, 5.41) is 11.7. The third-order valence-corrected chi connectivity index (χ3v) is 3.84.